The Hall–Kier alpha value is -1.39. The summed E-state index contributed by atoms with van der Waals surface area (Å²) in [6.07, 6.45) is 1.06. The number of carbonyl (C=O) groups is 1. The van der Waals surface area contributed by atoms with Crippen LogP contribution in [0.2, 0.25) is 0 Å². The SMILES string of the molecule is COC(CN)CC(=O)N1CCc2cc(C(C)(C)C)ccc21. The van der Waals surface area contributed by atoms with Crippen LogP contribution in [0.5, 0.6) is 0 Å². The number of nitrogens with two attached hydrogens (primary N) is 1. The van der Waals surface area contributed by atoms with Crippen LogP contribution in [0.25, 0.3) is 0 Å². The number of hydrogen-bond acceptors (Lipinski definition) is 3. The molecular formula is C17H26N2O2. The van der Waals surface area contributed by atoms with Gasteiger partial charge < -0.3 is 15.4 Å². The molecule has 1 unspecified atom stereocenters. The minimum absolute atomic E-state index is 0.0922. The molecule has 0 spiro atoms. The van der Waals surface area contributed by atoms with Crippen LogP contribution < -0.4 is 10.6 Å². The molecule has 0 aliphatic carbocycles. The number of fused-ring (bicyclic) bond motifs is 1. The van der Waals surface area contributed by atoms with E-state index in [-0.39, 0.29) is 17.4 Å². The van der Waals surface area contributed by atoms with Gasteiger partial charge in [0.1, 0.15) is 0 Å². The molecule has 1 aliphatic heterocycles. The topological polar surface area (TPSA) is 55.6 Å². The molecule has 1 aromatic rings. The van der Waals surface area contributed by atoms with Crippen molar-refractivity contribution in [2.75, 3.05) is 25.1 Å². The fraction of sp³-hybridized carbons (Fsp3) is 0.588. The fourth-order valence-electron chi connectivity index (χ4n) is 2.70. The van der Waals surface area contributed by atoms with Crippen LogP contribution in [-0.2, 0) is 21.4 Å². The maximum absolute atomic E-state index is 12.4. The predicted molar refractivity (Wildman–Crippen MR) is 85.7 cm³/mol. The van der Waals surface area contributed by atoms with Crippen molar-refractivity contribution in [2.24, 2.45) is 5.73 Å². The molecule has 116 valence electrons. The van der Waals surface area contributed by atoms with Crippen molar-refractivity contribution in [3.05, 3.63) is 29.3 Å². The zero-order valence-corrected chi connectivity index (χ0v) is 13.5. The third kappa shape index (κ3) is 3.44. The summed E-state index contributed by atoms with van der Waals surface area (Å²) >= 11 is 0. The average molecular weight is 290 g/mol. The van der Waals surface area contributed by atoms with Gasteiger partial charge in [-0.1, -0.05) is 32.9 Å². The van der Waals surface area contributed by atoms with Crippen LogP contribution >= 0.6 is 0 Å². The predicted octanol–water partition coefficient (Wildman–Crippen LogP) is 2.24. The molecule has 0 radical (unpaired) electrons. The summed E-state index contributed by atoms with van der Waals surface area (Å²) in [5.41, 5.74) is 9.34. The summed E-state index contributed by atoms with van der Waals surface area (Å²) in [4.78, 5) is 14.3. The summed E-state index contributed by atoms with van der Waals surface area (Å²) < 4.78 is 5.21. The molecule has 0 saturated heterocycles. The number of carbonyl (C=O) groups excluding carboxylic acids is 1. The monoisotopic (exact) mass is 290 g/mol. The summed E-state index contributed by atoms with van der Waals surface area (Å²) in [5, 5.41) is 0. The first-order valence-electron chi connectivity index (χ1n) is 7.53. The summed E-state index contributed by atoms with van der Waals surface area (Å²) in [6.45, 7) is 7.74. The van der Waals surface area contributed by atoms with E-state index in [4.69, 9.17) is 10.5 Å². The van der Waals surface area contributed by atoms with Crippen molar-refractivity contribution in [3.8, 4) is 0 Å². The number of amides is 1. The molecule has 1 aliphatic rings. The van der Waals surface area contributed by atoms with E-state index in [1.165, 1.54) is 11.1 Å². The first-order valence-corrected chi connectivity index (χ1v) is 7.53. The molecule has 2 N–H and O–H groups in total. The summed E-state index contributed by atoms with van der Waals surface area (Å²) in [7, 11) is 1.60. The summed E-state index contributed by atoms with van der Waals surface area (Å²) in [6, 6.07) is 6.44. The van der Waals surface area contributed by atoms with Crippen molar-refractivity contribution in [1.82, 2.24) is 0 Å². The maximum Gasteiger partial charge on any atom is 0.229 e. The van der Waals surface area contributed by atoms with Crippen LogP contribution in [0.3, 0.4) is 0 Å². The van der Waals surface area contributed by atoms with Gasteiger partial charge in [0.05, 0.1) is 12.5 Å². The smallest absolute Gasteiger partial charge is 0.229 e. The molecule has 0 aromatic heterocycles. The maximum atomic E-state index is 12.4. The summed E-state index contributed by atoms with van der Waals surface area (Å²) in [5.74, 6) is 0.0922. The lowest BCUT2D eigenvalue weighted by molar-refractivity contribution is -0.120. The largest absolute Gasteiger partial charge is 0.380 e. The van der Waals surface area contributed by atoms with Gasteiger partial charge in [0.15, 0.2) is 0 Å². The fourth-order valence-corrected chi connectivity index (χ4v) is 2.70. The van der Waals surface area contributed by atoms with Gasteiger partial charge in [0.2, 0.25) is 5.91 Å². The molecule has 0 saturated carbocycles. The number of anilines is 1. The van der Waals surface area contributed by atoms with Crippen LogP contribution in [-0.4, -0.2) is 32.2 Å². The zero-order chi connectivity index (χ0) is 15.6. The third-order valence-electron chi connectivity index (χ3n) is 4.14. The number of nitrogens with zero attached hydrogens (tertiary/aromatic N) is 1. The minimum atomic E-state index is -0.199. The van der Waals surface area contributed by atoms with E-state index in [1.807, 2.05) is 4.90 Å². The molecule has 4 nitrogen and oxygen atoms in total. The Labute approximate surface area is 127 Å². The van der Waals surface area contributed by atoms with E-state index in [9.17, 15) is 4.79 Å². The van der Waals surface area contributed by atoms with Crippen molar-refractivity contribution < 1.29 is 9.53 Å². The molecule has 4 heteroatoms. The van der Waals surface area contributed by atoms with Crippen molar-refractivity contribution in [2.45, 2.75) is 45.1 Å². The molecule has 2 rings (SSSR count). The Morgan fingerprint density at radius 1 is 1.43 bits per heavy atom. The second-order valence-corrected chi connectivity index (χ2v) is 6.69. The van der Waals surface area contributed by atoms with Gasteiger partial charge in [0.25, 0.3) is 0 Å². The highest BCUT2D eigenvalue weighted by molar-refractivity contribution is 5.95. The molecule has 0 fully saturated rings. The normalized spacial score (nSPS) is 16.0. The lowest BCUT2D eigenvalue weighted by Gasteiger charge is -2.22. The standard InChI is InChI=1S/C17H26N2O2/c1-17(2,3)13-5-6-15-12(9-13)7-8-19(15)16(20)10-14(11-18)21-4/h5-6,9,14H,7-8,10-11,18H2,1-4H3. The number of rotatable bonds is 4. The Balaban J connectivity index is 2.17. The number of ether oxygens (including phenoxy) is 1. The van der Waals surface area contributed by atoms with E-state index in [2.05, 4.69) is 39.0 Å². The number of hydrogen-bond donors (Lipinski definition) is 1. The Morgan fingerprint density at radius 2 is 2.14 bits per heavy atom. The number of benzene rings is 1. The van der Waals surface area contributed by atoms with Gasteiger partial charge >= 0.3 is 0 Å². The highest BCUT2D eigenvalue weighted by atomic mass is 16.5. The van der Waals surface area contributed by atoms with Gasteiger partial charge in [-0.25, -0.2) is 0 Å². The highest BCUT2D eigenvalue weighted by Crippen LogP contribution is 2.33. The second kappa shape index (κ2) is 6.16. The highest BCUT2D eigenvalue weighted by Gasteiger charge is 2.27. The van der Waals surface area contributed by atoms with Gasteiger partial charge in [-0.3, -0.25) is 4.79 Å². The van der Waals surface area contributed by atoms with E-state index in [0.717, 1.165) is 18.7 Å². The van der Waals surface area contributed by atoms with Crippen molar-refractivity contribution >= 4 is 11.6 Å². The van der Waals surface area contributed by atoms with E-state index in [0.29, 0.717) is 13.0 Å². The van der Waals surface area contributed by atoms with Crippen LogP contribution in [0, 0.1) is 0 Å². The van der Waals surface area contributed by atoms with E-state index in [1.54, 1.807) is 7.11 Å². The van der Waals surface area contributed by atoms with Gasteiger partial charge in [-0.15, -0.1) is 0 Å². The van der Waals surface area contributed by atoms with Gasteiger partial charge in [0, 0.05) is 25.9 Å². The minimum Gasteiger partial charge on any atom is -0.380 e. The van der Waals surface area contributed by atoms with Gasteiger partial charge in [-0.2, -0.15) is 0 Å². The quantitative estimate of drug-likeness (QED) is 0.925. The van der Waals surface area contributed by atoms with Crippen LogP contribution in [0.1, 0.15) is 38.3 Å². The van der Waals surface area contributed by atoms with Crippen molar-refractivity contribution in [1.29, 1.82) is 0 Å². The van der Waals surface area contributed by atoms with Gasteiger partial charge in [-0.05, 0) is 29.0 Å². The average Bonchev–Trinajstić information content (AvgIpc) is 2.86. The van der Waals surface area contributed by atoms with Crippen LogP contribution in [0.4, 0.5) is 5.69 Å². The Bertz CT molecular complexity index is 516. The Kier molecular flexibility index (Phi) is 4.69. The molecule has 21 heavy (non-hydrogen) atoms. The zero-order valence-electron chi connectivity index (χ0n) is 13.5. The third-order valence-corrected chi connectivity index (χ3v) is 4.14. The molecule has 1 atom stereocenters. The molecule has 1 heterocycles. The lowest BCUT2D eigenvalue weighted by Crippen LogP contribution is -2.35. The molecule has 0 bridgehead atoms. The molecule has 1 amide bonds. The lowest BCUT2D eigenvalue weighted by atomic mass is 9.86. The van der Waals surface area contributed by atoms with Crippen molar-refractivity contribution in [3.63, 3.8) is 0 Å². The van der Waals surface area contributed by atoms with E-state index >= 15 is 0 Å². The molecule has 1 aromatic carbocycles. The molecular weight excluding hydrogens is 264 g/mol. The first kappa shape index (κ1) is 16.0. The number of methoxy groups -OCH3 is 1. The Morgan fingerprint density at radius 3 is 2.71 bits per heavy atom. The first-order chi connectivity index (χ1) is 9.86. The van der Waals surface area contributed by atoms with Crippen LogP contribution in [0.15, 0.2) is 18.2 Å². The second-order valence-electron chi connectivity index (χ2n) is 6.69. The van der Waals surface area contributed by atoms with E-state index < -0.39 is 0 Å².